The molecule has 0 aliphatic carbocycles. The molecule has 0 unspecified atom stereocenters. The van der Waals surface area contributed by atoms with Gasteiger partial charge in [-0.3, -0.25) is 5.01 Å². The van der Waals surface area contributed by atoms with E-state index in [4.69, 9.17) is 0 Å². The van der Waals surface area contributed by atoms with Crippen molar-refractivity contribution in [2.75, 3.05) is 20.1 Å². The van der Waals surface area contributed by atoms with Crippen molar-refractivity contribution in [3.63, 3.8) is 0 Å². The molecule has 1 aromatic carbocycles. The Hall–Kier alpha value is -2.98. The van der Waals surface area contributed by atoms with Gasteiger partial charge in [-0.2, -0.15) is 23.3 Å². The summed E-state index contributed by atoms with van der Waals surface area (Å²) in [5.41, 5.74) is 0.435. The number of likely N-dealkylation sites (tertiary alicyclic amines) is 1. The van der Waals surface area contributed by atoms with E-state index in [9.17, 15) is 22.0 Å². The van der Waals surface area contributed by atoms with E-state index in [0.717, 1.165) is 11.6 Å². The quantitative estimate of drug-likeness (QED) is 0.456. The molecule has 0 aromatic heterocycles. The van der Waals surface area contributed by atoms with Crippen LogP contribution in [-0.2, 0) is 12.7 Å². The first kappa shape index (κ1) is 26.6. The summed E-state index contributed by atoms with van der Waals surface area (Å²) in [4.78, 5) is 10.5. The molecule has 192 valence electrons. The fourth-order valence-corrected chi connectivity index (χ4v) is 3.82. The second kappa shape index (κ2) is 9.58. The summed E-state index contributed by atoms with van der Waals surface area (Å²) < 4.78 is 68.6. The van der Waals surface area contributed by atoms with E-state index in [1.807, 2.05) is 34.6 Å². The highest BCUT2D eigenvalue weighted by Gasteiger charge is 2.42. The third-order valence-electron chi connectivity index (χ3n) is 5.30. The van der Waals surface area contributed by atoms with Gasteiger partial charge in [0.05, 0.1) is 29.9 Å². The van der Waals surface area contributed by atoms with Gasteiger partial charge in [0.1, 0.15) is 5.71 Å². The van der Waals surface area contributed by atoms with Gasteiger partial charge in [-0.1, -0.05) is 23.8 Å². The Kier molecular flexibility index (Phi) is 7.29. The molecule has 0 amide bonds. The van der Waals surface area contributed by atoms with Gasteiger partial charge in [0, 0.05) is 20.0 Å². The Labute approximate surface area is 202 Å². The third-order valence-corrected chi connectivity index (χ3v) is 5.30. The van der Waals surface area contributed by atoms with Crippen molar-refractivity contribution < 1.29 is 22.0 Å². The summed E-state index contributed by atoms with van der Waals surface area (Å²) in [6, 6.07) is 5.28. The lowest BCUT2D eigenvalue weighted by molar-refractivity contribution is -0.138. The van der Waals surface area contributed by atoms with Crippen LogP contribution < -0.4 is 5.32 Å². The Morgan fingerprint density at radius 1 is 1.17 bits per heavy atom. The lowest BCUT2D eigenvalue weighted by Gasteiger charge is -2.30. The van der Waals surface area contributed by atoms with Crippen molar-refractivity contribution in [3.8, 4) is 0 Å². The van der Waals surface area contributed by atoms with Crippen LogP contribution in [0.2, 0.25) is 0 Å². The maximum absolute atomic E-state index is 14.1. The van der Waals surface area contributed by atoms with E-state index in [1.165, 1.54) is 35.2 Å². The maximum atomic E-state index is 14.1. The molecule has 0 saturated carbocycles. The smallest absolute Gasteiger partial charge is 0.348 e. The van der Waals surface area contributed by atoms with Crippen LogP contribution >= 0.6 is 0 Å². The number of aliphatic imine (C=N–C) groups is 2. The second-order valence-electron chi connectivity index (χ2n) is 9.99. The number of rotatable bonds is 3. The van der Waals surface area contributed by atoms with E-state index in [0.29, 0.717) is 5.70 Å². The summed E-state index contributed by atoms with van der Waals surface area (Å²) in [7, 11) is 1.54. The fourth-order valence-electron chi connectivity index (χ4n) is 3.82. The van der Waals surface area contributed by atoms with E-state index in [-0.39, 0.29) is 42.6 Å². The lowest BCUT2D eigenvalue weighted by atomic mass is 10.1. The number of halogens is 5. The first-order valence-corrected chi connectivity index (χ1v) is 11.3. The minimum atomic E-state index is -4.51. The zero-order chi connectivity index (χ0) is 26.2. The predicted molar refractivity (Wildman–Crippen MR) is 128 cm³/mol. The Bertz CT molecular complexity index is 1070. The van der Waals surface area contributed by atoms with Crippen LogP contribution in [0.3, 0.4) is 0 Å². The van der Waals surface area contributed by atoms with E-state index < -0.39 is 29.7 Å². The molecule has 1 saturated heterocycles. The van der Waals surface area contributed by atoms with E-state index in [2.05, 4.69) is 20.4 Å². The summed E-state index contributed by atoms with van der Waals surface area (Å²) >= 11 is 0. The topological polar surface area (TPSA) is 55.6 Å². The fraction of sp³-hybridized carbons (Fsp3) is 0.542. The summed E-state index contributed by atoms with van der Waals surface area (Å²) in [5.74, 6) is -2.39. The Balaban J connectivity index is 2.07. The molecule has 1 aromatic rings. The Morgan fingerprint density at radius 3 is 2.37 bits per heavy atom. The zero-order valence-electron chi connectivity index (χ0n) is 20.8. The monoisotopic (exact) mass is 498 g/mol. The SMILES string of the molecule is CC(C)=C1NC(=NC(C)(C)C)N=C(N2CCC(F)(F)C2)/C1=N/N(C)Cc1ccccc1C(F)(F)F. The van der Waals surface area contributed by atoms with Gasteiger partial charge in [-0.05, 0) is 46.2 Å². The second-order valence-corrected chi connectivity index (χ2v) is 9.99. The highest BCUT2D eigenvalue weighted by Crippen LogP contribution is 2.33. The van der Waals surface area contributed by atoms with Crippen LogP contribution in [0.15, 0.2) is 50.6 Å². The van der Waals surface area contributed by atoms with Crippen molar-refractivity contribution >= 4 is 17.5 Å². The van der Waals surface area contributed by atoms with Crippen molar-refractivity contribution in [2.45, 2.75) is 65.2 Å². The summed E-state index contributed by atoms with van der Waals surface area (Å²) in [6.45, 7) is 8.73. The summed E-state index contributed by atoms with van der Waals surface area (Å²) in [6.07, 6.45) is -4.83. The predicted octanol–water partition coefficient (Wildman–Crippen LogP) is 5.28. The molecular weight excluding hydrogens is 467 g/mol. The van der Waals surface area contributed by atoms with Gasteiger partial charge in [0.15, 0.2) is 5.84 Å². The molecule has 2 aliphatic heterocycles. The number of allylic oxidation sites excluding steroid dienone is 1. The average Bonchev–Trinajstić information content (AvgIpc) is 3.06. The molecule has 1 fully saturated rings. The number of hydrogen-bond donors (Lipinski definition) is 1. The van der Waals surface area contributed by atoms with Gasteiger partial charge < -0.3 is 10.2 Å². The molecule has 0 atom stereocenters. The van der Waals surface area contributed by atoms with Crippen LogP contribution in [0, 0.1) is 0 Å². The molecule has 1 N–H and O–H groups in total. The van der Waals surface area contributed by atoms with Crippen LogP contribution in [-0.4, -0.2) is 59.0 Å². The normalized spacial score (nSPS) is 20.8. The molecule has 0 spiro atoms. The first-order valence-electron chi connectivity index (χ1n) is 11.3. The number of hydrogen-bond acceptors (Lipinski definition) is 4. The number of hydrazone groups is 1. The highest BCUT2D eigenvalue weighted by molar-refractivity contribution is 6.50. The zero-order valence-corrected chi connectivity index (χ0v) is 20.8. The third kappa shape index (κ3) is 6.79. The van der Waals surface area contributed by atoms with Gasteiger partial charge in [0.25, 0.3) is 5.92 Å². The number of nitrogens with one attached hydrogen (secondary N) is 1. The van der Waals surface area contributed by atoms with Gasteiger partial charge in [-0.25, -0.2) is 13.8 Å². The minimum absolute atomic E-state index is 0.0514. The highest BCUT2D eigenvalue weighted by atomic mass is 19.4. The van der Waals surface area contributed by atoms with E-state index in [1.54, 1.807) is 0 Å². The van der Waals surface area contributed by atoms with E-state index >= 15 is 0 Å². The number of alkyl halides is 5. The molecule has 0 bridgehead atoms. The molecule has 3 rings (SSSR count). The standard InChI is InChI=1S/C24H31F5N6/c1-15(2)18-19(33-34(6)13-16-9-7-8-10-17(16)24(27,28)29)20(35-12-11-23(25,26)14-35)31-21(30-18)32-22(3,4)5/h7-10H,11-14H2,1-6H3,(H,30,32)/b33-19+. The molecule has 2 heterocycles. The lowest BCUT2D eigenvalue weighted by Crippen LogP contribution is -2.47. The van der Waals surface area contributed by atoms with Gasteiger partial charge in [-0.15, -0.1) is 0 Å². The van der Waals surface area contributed by atoms with Crippen LogP contribution in [0.25, 0.3) is 0 Å². The molecule has 0 radical (unpaired) electrons. The summed E-state index contributed by atoms with van der Waals surface area (Å²) in [5, 5.41) is 9.04. The molecule has 35 heavy (non-hydrogen) atoms. The molecule has 6 nitrogen and oxygen atoms in total. The van der Waals surface area contributed by atoms with Gasteiger partial charge in [0.2, 0.25) is 5.96 Å². The maximum Gasteiger partial charge on any atom is 0.416 e. The number of nitrogens with zero attached hydrogens (tertiary/aromatic N) is 5. The molecule has 11 heteroatoms. The number of amidine groups is 1. The average molecular weight is 499 g/mol. The largest absolute Gasteiger partial charge is 0.416 e. The van der Waals surface area contributed by atoms with Crippen LogP contribution in [0.5, 0.6) is 0 Å². The Morgan fingerprint density at radius 2 is 1.83 bits per heavy atom. The minimum Gasteiger partial charge on any atom is -0.348 e. The number of benzene rings is 1. The van der Waals surface area contributed by atoms with Crippen molar-refractivity contribution in [1.29, 1.82) is 0 Å². The number of guanidine groups is 1. The first-order chi connectivity index (χ1) is 16.1. The van der Waals surface area contributed by atoms with Crippen molar-refractivity contribution in [2.24, 2.45) is 15.1 Å². The van der Waals surface area contributed by atoms with Crippen molar-refractivity contribution in [3.05, 3.63) is 46.7 Å². The molecular formula is C24H31F5N6. The van der Waals surface area contributed by atoms with Gasteiger partial charge >= 0.3 is 6.18 Å². The van der Waals surface area contributed by atoms with Crippen LogP contribution in [0.4, 0.5) is 22.0 Å². The molecule has 2 aliphatic rings. The van der Waals surface area contributed by atoms with Crippen molar-refractivity contribution in [1.82, 2.24) is 15.2 Å². The van der Waals surface area contributed by atoms with Crippen LogP contribution in [0.1, 0.15) is 52.2 Å².